The number of rotatable bonds is 2. The smallest absolute Gasteiger partial charge is 0.145 e. The van der Waals surface area contributed by atoms with Gasteiger partial charge in [-0.1, -0.05) is 38.1 Å². The molecule has 0 saturated heterocycles. The third-order valence-corrected chi connectivity index (χ3v) is 1.76. The van der Waals surface area contributed by atoms with Crippen LogP contribution < -0.4 is 0 Å². The highest BCUT2D eigenvalue weighted by atomic mass is 16.1. The zero-order chi connectivity index (χ0) is 11.0. The average molecular weight is 192 g/mol. The van der Waals surface area contributed by atoms with Crippen molar-refractivity contribution in [3.63, 3.8) is 0 Å². The largest absolute Gasteiger partial charge is 0.298 e. The number of aryl methyl sites for hydroxylation is 1. The summed E-state index contributed by atoms with van der Waals surface area (Å²) in [5.74, 6) is 0. The molecule has 0 spiro atoms. The van der Waals surface area contributed by atoms with Crippen molar-refractivity contribution in [1.29, 1.82) is 0 Å². The molecule has 0 aromatic heterocycles. The molecule has 0 aliphatic carbocycles. The van der Waals surface area contributed by atoms with Crippen LogP contribution in [-0.2, 0) is 4.79 Å². The van der Waals surface area contributed by atoms with Gasteiger partial charge in [-0.2, -0.15) is 0 Å². The number of carbonyl (C=O) groups excluding carboxylic acids is 1. The number of allylic oxidation sites excluding steroid dienone is 1. The van der Waals surface area contributed by atoms with Crippen LogP contribution in [0.25, 0.3) is 6.08 Å². The van der Waals surface area contributed by atoms with Gasteiger partial charge in [0.2, 0.25) is 0 Å². The van der Waals surface area contributed by atoms with Gasteiger partial charge in [-0.25, -0.2) is 0 Å². The lowest BCUT2D eigenvalue weighted by Gasteiger charge is -1.98. The molecule has 0 bridgehead atoms. The van der Waals surface area contributed by atoms with Crippen molar-refractivity contribution in [2.24, 2.45) is 0 Å². The van der Waals surface area contributed by atoms with Crippen molar-refractivity contribution in [3.8, 4) is 0 Å². The maximum Gasteiger partial charge on any atom is 0.145 e. The standard InChI is InChI=1S/C11H12O.C2H6.H2/c1-9(8-12)7-11-6-4-3-5-10(11)2;1-2;/h3-8H,1-2H3;1-2H3;1H/b9-7+;;. The van der Waals surface area contributed by atoms with Gasteiger partial charge in [0, 0.05) is 1.43 Å². The molecule has 1 rings (SSSR count). The topological polar surface area (TPSA) is 17.1 Å². The summed E-state index contributed by atoms with van der Waals surface area (Å²) in [6, 6.07) is 7.99. The van der Waals surface area contributed by atoms with Gasteiger partial charge < -0.3 is 0 Å². The van der Waals surface area contributed by atoms with Crippen molar-refractivity contribution in [1.82, 2.24) is 0 Å². The van der Waals surface area contributed by atoms with Crippen LogP contribution in [0.15, 0.2) is 29.8 Å². The highest BCUT2D eigenvalue weighted by Gasteiger charge is 1.92. The van der Waals surface area contributed by atoms with Crippen LogP contribution in [0.1, 0.15) is 33.3 Å². The molecule has 0 heterocycles. The summed E-state index contributed by atoms with van der Waals surface area (Å²) in [4.78, 5) is 10.4. The Bertz CT molecular complexity index is 316. The van der Waals surface area contributed by atoms with E-state index in [-0.39, 0.29) is 1.43 Å². The Labute approximate surface area is 87.9 Å². The molecule has 14 heavy (non-hydrogen) atoms. The summed E-state index contributed by atoms with van der Waals surface area (Å²) in [6.07, 6.45) is 2.76. The van der Waals surface area contributed by atoms with E-state index < -0.39 is 0 Å². The van der Waals surface area contributed by atoms with Crippen molar-refractivity contribution in [2.45, 2.75) is 27.7 Å². The second-order valence-corrected chi connectivity index (χ2v) is 2.86. The minimum Gasteiger partial charge on any atom is -0.298 e. The van der Waals surface area contributed by atoms with Gasteiger partial charge in [0.05, 0.1) is 0 Å². The van der Waals surface area contributed by atoms with E-state index in [1.165, 1.54) is 5.56 Å². The fourth-order valence-electron chi connectivity index (χ4n) is 1.03. The number of carbonyl (C=O) groups is 1. The Kier molecular flexibility index (Phi) is 6.38. The van der Waals surface area contributed by atoms with Crippen molar-refractivity contribution < 1.29 is 6.22 Å². The number of hydrogen-bond donors (Lipinski definition) is 0. The Balaban J connectivity index is 0. The Morgan fingerprint density at radius 3 is 2.36 bits per heavy atom. The molecule has 0 atom stereocenters. The van der Waals surface area contributed by atoms with Crippen LogP contribution in [0.3, 0.4) is 0 Å². The lowest BCUT2D eigenvalue weighted by atomic mass is 10.1. The second-order valence-electron chi connectivity index (χ2n) is 2.86. The van der Waals surface area contributed by atoms with Gasteiger partial charge in [0.1, 0.15) is 6.29 Å². The van der Waals surface area contributed by atoms with E-state index in [0.717, 1.165) is 17.4 Å². The first-order valence-electron chi connectivity index (χ1n) is 4.93. The van der Waals surface area contributed by atoms with Crippen LogP contribution in [0, 0.1) is 6.92 Å². The average Bonchev–Trinajstić information content (AvgIpc) is 2.24. The maximum absolute atomic E-state index is 10.4. The van der Waals surface area contributed by atoms with Gasteiger partial charge in [0.15, 0.2) is 0 Å². The van der Waals surface area contributed by atoms with Gasteiger partial charge >= 0.3 is 0 Å². The van der Waals surface area contributed by atoms with Crippen molar-refractivity contribution in [2.75, 3.05) is 0 Å². The number of benzene rings is 1. The highest BCUT2D eigenvalue weighted by Crippen LogP contribution is 2.10. The SMILES string of the molecule is C/C(C=O)=C\c1ccccc1C.CC.[HH]. The Morgan fingerprint density at radius 2 is 1.86 bits per heavy atom. The van der Waals surface area contributed by atoms with Crippen LogP contribution in [0.4, 0.5) is 0 Å². The third kappa shape index (κ3) is 4.04. The quantitative estimate of drug-likeness (QED) is 0.513. The first-order chi connectivity index (χ1) is 6.74. The Hall–Kier alpha value is -1.37. The van der Waals surface area contributed by atoms with E-state index in [9.17, 15) is 4.79 Å². The number of hydrogen-bond acceptors (Lipinski definition) is 1. The fourth-order valence-corrected chi connectivity index (χ4v) is 1.03. The normalized spacial score (nSPS) is 10.1. The molecule has 0 unspecified atom stereocenters. The monoisotopic (exact) mass is 192 g/mol. The van der Waals surface area contributed by atoms with E-state index >= 15 is 0 Å². The summed E-state index contributed by atoms with van der Waals surface area (Å²) in [6.45, 7) is 7.84. The zero-order valence-corrected chi connectivity index (χ0v) is 9.37. The summed E-state index contributed by atoms with van der Waals surface area (Å²) in [5, 5.41) is 0. The minimum absolute atomic E-state index is 0. The molecule has 1 nitrogen and oxygen atoms in total. The zero-order valence-electron chi connectivity index (χ0n) is 9.37. The third-order valence-electron chi connectivity index (χ3n) is 1.76. The van der Waals surface area contributed by atoms with Gasteiger partial charge in [-0.15, -0.1) is 0 Å². The molecule has 0 fully saturated rings. The molecule has 0 N–H and O–H groups in total. The lowest BCUT2D eigenvalue weighted by molar-refractivity contribution is -0.104. The van der Waals surface area contributed by atoms with Crippen molar-refractivity contribution in [3.05, 3.63) is 41.0 Å². The van der Waals surface area contributed by atoms with Gasteiger partial charge in [0.25, 0.3) is 0 Å². The maximum atomic E-state index is 10.4. The van der Waals surface area contributed by atoms with E-state index in [1.54, 1.807) is 6.92 Å². The Morgan fingerprint density at radius 1 is 1.29 bits per heavy atom. The first kappa shape index (κ1) is 12.6. The summed E-state index contributed by atoms with van der Waals surface area (Å²) in [7, 11) is 0. The molecule has 1 aromatic rings. The van der Waals surface area contributed by atoms with Crippen LogP contribution >= 0.6 is 0 Å². The van der Waals surface area contributed by atoms with E-state index in [1.807, 2.05) is 51.1 Å². The van der Waals surface area contributed by atoms with E-state index in [4.69, 9.17) is 0 Å². The van der Waals surface area contributed by atoms with Crippen LogP contribution in [0.2, 0.25) is 0 Å². The lowest BCUT2D eigenvalue weighted by Crippen LogP contribution is -1.81. The predicted molar refractivity (Wildman–Crippen MR) is 64.4 cm³/mol. The second kappa shape index (κ2) is 7.07. The number of aldehydes is 1. The molecular weight excluding hydrogens is 172 g/mol. The molecule has 1 aromatic carbocycles. The molecule has 0 amide bonds. The molecule has 0 radical (unpaired) electrons. The van der Waals surface area contributed by atoms with Crippen molar-refractivity contribution >= 4 is 12.4 Å². The first-order valence-corrected chi connectivity index (χ1v) is 4.93. The molecule has 0 aliphatic rings. The van der Waals surface area contributed by atoms with Gasteiger partial charge in [-0.05, 0) is 36.6 Å². The summed E-state index contributed by atoms with van der Waals surface area (Å²) < 4.78 is 0. The summed E-state index contributed by atoms with van der Waals surface area (Å²) >= 11 is 0. The highest BCUT2D eigenvalue weighted by molar-refractivity contribution is 5.81. The minimum atomic E-state index is 0. The van der Waals surface area contributed by atoms with Crippen LogP contribution in [-0.4, -0.2) is 6.29 Å². The van der Waals surface area contributed by atoms with E-state index in [2.05, 4.69) is 0 Å². The molecular formula is C13H20O. The molecule has 78 valence electrons. The summed E-state index contributed by atoms with van der Waals surface area (Å²) in [5.41, 5.74) is 3.06. The molecule has 1 heteroatoms. The van der Waals surface area contributed by atoms with Crippen LogP contribution in [0.5, 0.6) is 0 Å². The van der Waals surface area contributed by atoms with E-state index in [0.29, 0.717) is 0 Å². The van der Waals surface area contributed by atoms with Gasteiger partial charge in [-0.3, -0.25) is 4.79 Å². The fraction of sp³-hybridized carbons (Fsp3) is 0.308. The predicted octanol–water partition coefficient (Wildman–Crippen LogP) is 3.87. The molecule has 0 aliphatic heterocycles. The molecule has 0 saturated carbocycles.